The van der Waals surface area contributed by atoms with Crippen LogP contribution < -0.4 is 4.74 Å². The van der Waals surface area contributed by atoms with Crippen molar-refractivity contribution in [3.05, 3.63) is 53.7 Å². The van der Waals surface area contributed by atoms with Crippen molar-refractivity contribution in [2.75, 3.05) is 0 Å². The van der Waals surface area contributed by atoms with E-state index < -0.39 is 17.6 Å². The second kappa shape index (κ2) is 4.79. The molecule has 0 radical (unpaired) electrons. The molecule has 0 amide bonds. The van der Waals surface area contributed by atoms with E-state index in [1.54, 1.807) is 0 Å². The molecular weight excluding hydrogens is 244 g/mol. The van der Waals surface area contributed by atoms with E-state index in [1.165, 1.54) is 24.3 Å². The normalized spacial score (nSPS) is 10.1. The number of halogens is 2. The summed E-state index contributed by atoms with van der Waals surface area (Å²) in [6, 6.07) is 6.00. The largest absolute Gasteiger partial charge is 0.478 e. The predicted octanol–water partition coefficient (Wildman–Crippen LogP) is 2.85. The number of benzene rings is 1. The number of aromatic nitrogens is 1. The molecule has 92 valence electrons. The molecule has 1 aromatic carbocycles. The highest BCUT2D eigenvalue weighted by Crippen LogP contribution is 2.24. The topological polar surface area (TPSA) is 59.4 Å². The van der Waals surface area contributed by atoms with Gasteiger partial charge in [-0.05, 0) is 18.2 Å². The minimum atomic E-state index is -1.13. The number of hydrogen-bond acceptors (Lipinski definition) is 3. The number of carboxylic acid groups (broad SMARTS) is 1. The van der Waals surface area contributed by atoms with Crippen molar-refractivity contribution < 1.29 is 23.4 Å². The molecule has 0 aliphatic rings. The predicted molar refractivity (Wildman–Crippen MR) is 57.6 cm³/mol. The molecule has 18 heavy (non-hydrogen) atoms. The van der Waals surface area contributed by atoms with Gasteiger partial charge in [-0.1, -0.05) is 6.07 Å². The zero-order valence-corrected chi connectivity index (χ0v) is 8.93. The van der Waals surface area contributed by atoms with Gasteiger partial charge in [0.1, 0.15) is 0 Å². The maximum atomic E-state index is 13.3. The zero-order valence-electron chi connectivity index (χ0n) is 8.93. The van der Waals surface area contributed by atoms with Crippen LogP contribution in [0.15, 0.2) is 36.5 Å². The second-order valence-corrected chi connectivity index (χ2v) is 3.34. The second-order valence-electron chi connectivity index (χ2n) is 3.34. The average Bonchev–Trinajstić information content (AvgIpc) is 2.36. The number of hydrogen-bond donors (Lipinski definition) is 1. The molecule has 2 rings (SSSR count). The van der Waals surface area contributed by atoms with Crippen LogP contribution in [0, 0.1) is 11.6 Å². The highest BCUT2D eigenvalue weighted by atomic mass is 19.2. The highest BCUT2D eigenvalue weighted by molar-refractivity contribution is 5.87. The Morgan fingerprint density at radius 1 is 1.22 bits per heavy atom. The fraction of sp³-hybridized carbons (Fsp3) is 0. The van der Waals surface area contributed by atoms with Gasteiger partial charge in [0.25, 0.3) is 0 Å². The molecule has 4 nitrogen and oxygen atoms in total. The minimum Gasteiger partial charge on any atom is -0.478 e. The van der Waals surface area contributed by atoms with E-state index in [0.717, 1.165) is 12.3 Å². The molecule has 0 saturated carbocycles. The van der Waals surface area contributed by atoms with Gasteiger partial charge in [0, 0.05) is 12.3 Å². The smallest absolute Gasteiger partial charge is 0.337 e. The minimum absolute atomic E-state index is 0.0236. The third-order valence-electron chi connectivity index (χ3n) is 2.11. The van der Waals surface area contributed by atoms with Crippen LogP contribution in [0.25, 0.3) is 0 Å². The average molecular weight is 251 g/mol. The first-order valence-electron chi connectivity index (χ1n) is 4.89. The number of carbonyl (C=O) groups is 1. The van der Waals surface area contributed by atoms with Crippen LogP contribution in [0.3, 0.4) is 0 Å². The first-order valence-corrected chi connectivity index (χ1v) is 4.89. The molecule has 1 N–H and O–H groups in total. The van der Waals surface area contributed by atoms with Crippen molar-refractivity contribution in [2.24, 2.45) is 0 Å². The van der Waals surface area contributed by atoms with Gasteiger partial charge in [0.15, 0.2) is 11.6 Å². The van der Waals surface area contributed by atoms with E-state index in [1.807, 2.05) is 0 Å². The van der Waals surface area contributed by atoms with Gasteiger partial charge in [0.05, 0.1) is 5.56 Å². The van der Waals surface area contributed by atoms with Crippen molar-refractivity contribution in [1.82, 2.24) is 4.98 Å². The standard InChI is InChI=1S/C12H7F2NO3/c13-8-2-1-3-9(11(8)14)18-10-5-4-7(6-15-10)12(16)17/h1-6H,(H,16,17). The summed E-state index contributed by atoms with van der Waals surface area (Å²) >= 11 is 0. The number of nitrogens with zero attached hydrogens (tertiary/aromatic N) is 1. The number of rotatable bonds is 3. The van der Waals surface area contributed by atoms with E-state index in [9.17, 15) is 13.6 Å². The summed E-state index contributed by atoms with van der Waals surface area (Å²) < 4.78 is 31.2. The van der Waals surface area contributed by atoms with Gasteiger partial charge < -0.3 is 9.84 Å². The van der Waals surface area contributed by atoms with Crippen LogP contribution >= 0.6 is 0 Å². The number of pyridine rings is 1. The van der Waals surface area contributed by atoms with Gasteiger partial charge in [-0.2, -0.15) is 4.39 Å². The van der Waals surface area contributed by atoms with Gasteiger partial charge in [0.2, 0.25) is 11.7 Å². The van der Waals surface area contributed by atoms with Gasteiger partial charge in [-0.25, -0.2) is 14.2 Å². The Bertz CT molecular complexity index is 584. The first kappa shape index (κ1) is 12.0. The molecule has 0 aliphatic heterocycles. The lowest BCUT2D eigenvalue weighted by Gasteiger charge is -2.05. The summed E-state index contributed by atoms with van der Waals surface area (Å²) in [5, 5.41) is 8.66. The molecular formula is C12H7F2NO3. The zero-order chi connectivity index (χ0) is 13.1. The molecule has 0 atom stereocenters. The highest BCUT2D eigenvalue weighted by Gasteiger charge is 2.10. The number of ether oxygens (including phenoxy) is 1. The molecule has 1 heterocycles. The van der Waals surface area contributed by atoms with E-state index in [2.05, 4.69) is 4.98 Å². The van der Waals surface area contributed by atoms with E-state index in [4.69, 9.17) is 9.84 Å². The Balaban J connectivity index is 2.24. The fourth-order valence-corrected chi connectivity index (χ4v) is 1.24. The van der Waals surface area contributed by atoms with Crippen molar-refractivity contribution >= 4 is 5.97 Å². The molecule has 0 spiro atoms. The van der Waals surface area contributed by atoms with Gasteiger partial charge >= 0.3 is 5.97 Å². The van der Waals surface area contributed by atoms with E-state index in [0.29, 0.717) is 0 Å². The summed E-state index contributed by atoms with van der Waals surface area (Å²) in [4.78, 5) is 14.3. The Kier molecular flexibility index (Phi) is 3.18. The van der Waals surface area contributed by atoms with Crippen molar-refractivity contribution in [2.45, 2.75) is 0 Å². The Labute approximate surface area is 100 Å². The first-order chi connectivity index (χ1) is 8.58. The SMILES string of the molecule is O=C(O)c1ccc(Oc2cccc(F)c2F)nc1. The quantitative estimate of drug-likeness (QED) is 0.911. The Morgan fingerprint density at radius 2 is 2.00 bits per heavy atom. The monoisotopic (exact) mass is 251 g/mol. The molecule has 0 bridgehead atoms. The van der Waals surface area contributed by atoms with E-state index >= 15 is 0 Å². The molecule has 1 aromatic heterocycles. The van der Waals surface area contributed by atoms with E-state index in [-0.39, 0.29) is 17.2 Å². The lowest BCUT2D eigenvalue weighted by molar-refractivity contribution is 0.0696. The van der Waals surface area contributed by atoms with Crippen molar-refractivity contribution in [3.8, 4) is 11.6 Å². The van der Waals surface area contributed by atoms with Crippen LogP contribution in [-0.2, 0) is 0 Å². The summed E-state index contributed by atoms with van der Waals surface area (Å²) in [5.41, 5.74) is -0.0259. The Morgan fingerprint density at radius 3 is 2.61 bits per heavy atom. The third-order valence-corrected chi connectivity index (χ3v) is 2.11. The number of aromatic carboxylic acids is 1. The lowest BCUT2D eigenvalue weighted by Crippen LogP contribution is -1.98. The van der Waals surface area contributed by atoms with Gasteiger partial charge in [-0.3, -0.25) is 0 Å². The maximum Gasteiger partial charge on any atom is 0.337 e. The summed E-state index contributed by atoms with van der Waals surface area (Å²) in [6.45, 7) is 0. The van der Waals surface area contributed by atoms with Crippen LogP contribution in [0.4, 0.5) is 8.78 Å². The molecule has 0 aliphatic carbocycles. The molecule has 2 aromatic rings. The van der Waals surface area contributed by atoms with Crippen LogP contribution in [0.1, 0.15) is 10.4 Å². The third kappa shape index (κ3) is 2.42. The van der Waals surface area contributed by atoms with Crippen LogP contribution in [-0.4, -0.2) is 16.1 Å². The van der Waals surface area contributed by atoms with Crippen LogP contribution in [0.2, 0.25) is 0 Å². The van der Waals surface area contributed by atoms with Crippen molar-refractivity contribution in [3.63, 3.8) is 0 Å². The fourth-order valence-electron chi connectivity index (χ4n) is 1.24. The van der Waals surface area contributed by atoms with Crippen LogP contribution in [0.5, 0.6) is 11.6 Å². The number of carboxylic acids is 1. The summed E-state index contributed by atoms with van der Waals surface area (Å²) in [6.07, 6.45) is 1.06. The Hall–Kier alpha value is -2.50. The van der Waals surface area contributed by atoms with Gasteiger partial charge in [-0.15, -0.1) is 0 Å². The van der Waals surface area contributed by atoms with Crippen molar-refractivity contribution in [1.29, 1.82) is 0 Å². The summed E-state index contributed by atoms with van der Waals surface area (Å²) in [5.74, 6) is -3.63. The molecule has 0 unspecified atom stereocenters. The molecule has 0 saturated heterocycles. The molecule has 0 fully saturated rings. The lowest BCUT2D eigenvalue weighted by atomic mass is 10.3. The maximum absolute atomic E-state index is 13.3. The summed E-state index contributed by atoms with van der Waals surface area (Å²) in [7, 11) is 0. The molecule has 6 heteroatoms.